The van der Waals surface area contributed by atoms with Crippen LogP contribution in [0.25, 0.3) is 0 Å². The maximum Gasteiger partial charge on any atom is 0.411 e. The van der Waals surface area contributed by atoms with Crippen LogP contribution in [0, 0.1) is 11.6 Å². The predicted molar refractivity (Wildman–Crippen MR) is 64.5 cm³/mol. The van der Waals surface area contributed by atoms with Crippen LogP contribution in [0.2, 0.25) is 5.02 Å². The molecule has 0 saturated heterocycles. The van der Waals surface area contributed by atoms with Gasteiger partial charge in [-0.1, -0.05) is 27.5 Å². The van der Waals surface area contributed by atoms with Crippen LogP contribution in [-0.4, -0.2) is 19.4 Å². The normalized spacial score (nSPS) is 13.6. The molecule has 0 spiro atoms. The highest BCUT2D eigenvalue weighted by Gasteiger charge is 2.27. The molecule has 1 nitrogen and oxygen atoms in total. The second-order valence-corrected chi connectivity index (χ2v) is 5.22. The minimum absolute atomic E-state index is 0.00315. The van der Waals surface area contributed by atoms with Gasteiger partial charge in [0.2, 0.25) is 0 Å². The van der Waals surface area contributed by atoms with Gasteiger partial charge in [0.05, 0.1) is 0 Å². The fourth-order valence-electron chi connectivity index (χ4n) is 1.31. The standard InChI is InChI=1S/C11H9BrClF5O/c12-7(1-2-19-5-11(16,17)18)6-3-9(14)10(15)4-8(6)13/h3-4,7H,1-2,5H2. The monoisotopic (exact) mass is 366 g/mol. The number of halogens is 7. The van der Waals surface area contributed by atoms with Gasteiger partial charge in [-0.2, -0.15) is 13.2 Å². The summed E-state index contributed by atoms with van der Waals surface area (Å²) < 4.78 is 65.7. The molecule has 0 aliphatic rings. The Morgan fingerprint density at radius 1 is 1.21 bits per heavy atom. The average molecular weight is 368 g/mol. The summed E-state index contributed by atoms with van der Waals surface area (Å²) in [7, 11) is 0. The first-order valence-corrected chi connectivity index (χ1v) is 6.43. The maximum absolute atomic E-state index is 13.0. The van der Waals surface area contributed by atoms with Crippen molar-refractivity contribution in [2.45, 2.75) is 17.4 Å². The lowest BCUT2D eigenvalue weighted by Gasteiger charge is -2.13. The summed E-state index contributed by atoms with van der Waals surface area (Å²) in [4.78, 5) is -0.525. The maximum atomic E-state index is 13.0. The van der Waals surface area contributed by atoms with Crippen LogP contribution in [0.1, 0.15) is 16.8 Å². The smallest absolute Gasteiger partial charge is 0.372 e. The second-order valence-electron chi connectivity index (χ2n) is 3.71. The molecule has 1 unspecified atom stereocenters. The van der Waals surface area contributed by atoms with Gasteiger partial charge in [0.25, 0.3) is 0 Å². The van der Waals surface area contributed by atoms with E-state index in [0.717, 1.165) is 12.1 Å². The van der Waals surface area contributed by atoms with Crippen LogP contribution >= 0.6 is 27.5 Å². The molecule has 108 valence electrons. The number of rotatable bonds is 5. The molecule has 1 rings (SSSR count). The van der Waals surface area contributed by atoms with Crippen molar-refractivity contribution in [3.8, 4) is 0 Å². The zero-order valence-corrected chi connectivity index (χ0v) is 11.7. The van der Waals surface area contributed by atoms with Gasteiger partial charge < -0.3 is 4.74 Å². The largest absolute Gasteiger partial charge is 0.411 e. The molecule has 0 heterocycles. The summed E-state index contributed by atoms with van der Waals surface area (Å²) in [6.07, 6.45) is -4.25. The summed E-state index contributed by atoms with van der Waals surface area (Å²) in [6, 6.07) is 1.72. The van der Waals surface area contributed by atoms with Crippen molar-refractivity contribution in [1.29, 1.82) is 0 Å². The van der Waals surface area contributed by atoms with Gasteiger partial charge in [-0.05, 0) is 24.1 Å². The second kappa shape index (κ2) is 6.85. The van der Waals surface area contributed by atoms with Crippen molar-refractivity contribution >= 4 is 27.5 Å². The summed E-state index contributed by atoms with van der Waals surface area (Å²) in [5, 5.41) is -0.00315. The molecular formula is C11H9BrClF5O. The molecule has 8 heteroatoms. The number of benzene rings is 1. The Hall–Kier alpha value is -0.400. The number of hydrogen-bond donors (Lipinski definition) is 0. The molecule has 1 atom stereocenters. The van der Waals surface area contributed by atoms with Gasteiger partial charge in [0.15, 0.2) is 11.6 Å². The zero-order chi connectivity index (χ0) is 14.6. The lowest BCUT2D eigenvalue weighted by Crippen LogP contribution is -2.17. The average Bonchev–Trinajstić information content (AvgIpc) is 2.28. The van der Waals surface area contributed by atoms with E-state index in [-0.39, 0.29) is 23.6 Å². The van der Waals surface area contributed by atoms with Crippen LogP contribution < -0.4 is 0 Å². The van der Waals surface area contributed by atoms with Crippen molar-refractivity contribution in [3.05, 3.63) is 34.4 Å². The Morgan fingerprint density at radius 3 is 2.37 bits per heavy atom. The van der Waals surface area contributed by atoms with E-state index in [1.165, 1.54) is 0 Å². The van der Waals surface area contributed by atoms with Gasteiger partial charge in [-0.25, -0.2) is 8.78 Å². The van der Waals surface area contributed by atoms with E-state index in [0.29, 0.717) is 0 Å². The summed E-state index contributed by atoms with van der Waals surface area (Å²) >= 11 is 8.87. The van der Waals surface area contributed by atoms with Gasteiger partial charge in [-0.3, -0.25) is 0 Å². The summed E-state index contributed by atoms with van der Waals surface area (Å²) in [5.41, 5.74) is 0.260. The molecule has 0 radical (unpaired) electrons. The summed E-state index contributed by atoms with van der Waals surface area (Å²) in [6.45, 7) is -1.54. The molecule has 0 bridgehead atoms. The van der Waals surface area contributed by atoms with Gasteiger partial charge in [0.1, 0.15) is 6.61 Å². The fourth-order valence-corrected chi connectivity index (χ4v) is 2.29. The molecule has 0 aliphatic heterocycles. The minimum Gasteiger partial charge on any atom is -0.372 e. The molecule has 0 aromatic heterocycles. The van der Waals surface area contributed by atoms with Crippen LogP contribution in [0.4, 0.5) is 22.0 Å². The molecule has 0 saturated carbocycles. The third-order valence-corrected chi connectivity index (χ3v) is 3.44. The third kappa shape index (κ3) is 5.62. The Labute approximate surface area is 119 Å². The highest BCUT2D eigenvalue weighted by Crippen LogP contribution is 2.33. The topological polar surface area (TPSA) is 9.23 Å². The molecule has 0 aliphatic carbocycles. The first-order chi connectivity index (χ1) is 8.70. The highest BCUT2D eigenvalue weighted by atomic mass is 79.9. The Balaban J connectivity index is 2.54. The molecule has 1 aromatic carbocycles. The lowest BCUT2D eigenvalue weighted by atomic mass is 10.1. The van der Waals surface area contributed by atoms with E-state index < -0.39 is 29.2 Å². The van der Waals surface area contributed by atoms with E-state index in [1.807, 2.05) is 0 Å². The lowest BCUT2D eigenvalue weighted by molar-refractivity contribution is -0.174. The number of ether oxygens (including phenoxy) is 1. The van der Waals surface area contributed by atoms with E-state index in [1.54, 1.807) is 0 Å². The number of alkyl halides is 4. The molecule has 1 aromatic rings. The van der Waals surface area contributed by atoms with Crippen molar-refractivity contribution in [1.82, 2.24) is 0 Å². The van der Waals surface area contributed by atoms with Crippen LogP contribution in [-0.2, 0) is 4.74 Å². The fraction of sp³-hybridized carbons (Fsp3) is 0.455. The van der Waals surface area contributed by atoms with E-state index in [4.69, 9.17) is 11.6 Å². The SMILES string of the molecule is Fc1cc(Cl)c(C(Br)CCOCC(F)(F)F)cc1F. The molecular weight excluding hydrogens is 358 g/mol. The van der Waals surface area contributed by atoms with E-state index >= 15 is 0 Å². The van der Waals surface area contributed by atoms with Crippen LogP contribution in [0.3, 0.4) is 0 Å². The summed E-state index contributed by atoms with van der Waals surface area (Å²) in [5.74, 6) is -2.15. The molecule has 0 N–H and O–H groups in total. The number of hydrogen-bond acceptors (Lipinski definition) is 1. The van der Waals surface area contributed by atoms with Crippen molar-refractivity contribution < 1.29 is 26.7 Å². The van der Waals surface area contributed by atoms with Gasteiger partial charge in [-0.15, -0.1) is 0 Å². The molecule has 0 amide bonds. The minimum atomic E-state index is -4.39. The zero-order valence-electron chi connectivity index (χ0n) is 9.41. The Morgan fingerprint density at radius 2 is 1.79 bits per heavy atom. The first kappa shape index (κ1) is 16.7. The quantitative estimate of drug-likeness (QED) is 0.307. The molecule has 0 fully saturated rings. The third-order valence-electron chi connectivity index (χ3n) is 2.16. The Bertz CT molecular complexity index is 438. The van der Waals surface area contributed by atoms with Crippen LogP contribution in [0.15, 0.2) is 12.1 Å². The van der Waals surface area contributed by atoms with Crippen molar-refractivity contribution in [2.24, 2.45) is 0 Å². The molecule has 19 heavy (non-hydrogen) atoms. The van der Waals surface area contributed by atoms with Crippen molar-refractivity contribution in [2.75, 3.05) is 13.2 Å². The predicted octanol–water partition coefficient (Wildman–Crippen LogP) is 5.02. The van der Waals surface area contributed by atoms with Crippen molar-refractivity contribution in [3.63, 3.8) is 0 Å². The first-order valence-electron chi connectivity index (χ1n) is 5.13. The van der Waals surface area contributed by atoms with E-state index in [9.17, 15) is 22.0 Å². The Kier molecular flexibility index (Phi) is 6.01. The van der Waals surface area contributed by atoms with E-state index in [2.05, 4.69) is 20.7 Å². The van der Waals surface area contributed by atoms with Gasteiger partial charge in [0, 0.05) is 16.5 Å². The van der Waals surface area contributed by atoms with Crippen LogP contribution in [0.5, 0.6) is 0 Å². The van der Waals surface area contributed by atoms with Gasteiger partial charge >= 0.3 is 6.18 Å². The highest BCUT2D eigenvalue weighted by molar-refractivity contribution is 9.09.